The summed E-state index contributed by atoms with van der Waals surface area (Å²) in [6, 6.07) is 7.19. The van der Waals surface area contributed by atoms with Crippen LogP contribution in [0.5, 0.6) is 0 Å². The average molecular weight is 280 g/mol. The first-order valence-corrected chi connectivity index (χ1v) is 9.02. The van der Waals surface area contributed by atoms with Gasteiger partial charge in [0.1, 0.15) is 0 Å². The third kappa shape index (κ3) is 4.34. The highest BCUT2D eigenvalue weighted by atomic mass is 32.2. The predicted octanol–water partition coefficient (Wildman–Crippen LogP) is 4.13. The molecule has 0 aliphatic heterocycles. The van der Waals surface area contributed by atoms with Gasteiger partial charge in [-0.2, -0.15) is 0 Å². The number of rotatable bonds is 5. The molecule has 0 unspecified atom stereocenters. The molecule has 0 amide bonds. The van der Waals surface area contributed by atoms with Gasteiger partial charge in [0.05, 0.1) is 10.6 Å². The van der Waals surface area contributed by atoms with Crippen molar-refractivity contribution in [3.8, 4) is 0 Å². The Morgan fingerprint density at radius 3 is 2.32 bits per heavy atom. The fraction of sp³-hybridized carbons (Fsp3) is 0.625. The second-order valence-corrected chi connectivity index (χ2v) is 7.89. The van der Waals surface area contributed by atoms with Crippen LogP contribution in [-0.2, 0) is 9.84 Å². The van der Waals surface area contributed by atoms with E-state index >= 15 is 0 Å². The lowest BCUT2D eigenvalue weighted by molar-refractivity contribution is 0.337. The van der Waals surface area contributed by atoms with Gasteiger partial charge in [0.15, 0.2) is 9.84 Å². The fourth-order valence-corrected chi connectivity index (χ4v) is 4.23. The average Bonchev–Trinajstić information content (AvgIpc) is 2.40. The van der Waals surface area contributed by atoms with E-state index in [2.05, 4.69) is 0 Å². The van der Waals surface area contributed by atoms with Gasteiger partial charge >= 0.3 is 0 Å². The molecule has 1 fully saturated rings. The summed E-state index contributed by atoms with van der Waals surface area (Å²) in [5, 5.41) is 0. The lowest BCUT2D eigenvalue weighted by Gasteiger charge is -2.21. The topological polar surface area (TPSA) is 34.1 Å². The molecular weight excluding hydrogens is 256 g/mol. The molecule has 1 aromatic rings. The van der Waals surface area contributed by atoms with E-state index in [4.69, 9.17) is 0 Å². The number of hydrogen-bond donors (Lipinski definition) is 0. The largest absolute Gasteiger partial charge is 0.224 e. The summed E-state index contributed by atoms with van der Waals surface area (Å²) in [6.07, 6.45) is 8.49. The Morgan fingerprint density at radius 2 is 1.68 bits per heavy atom. The Bertz CT molecular complexity index is 482. The lowest BCUT2D eigenvalue weighted by Crippen LogP contribution is -2.11. The normalized spacial score (nSPS) is 17.5. The highest BCUT2D eigenvalue weighted by Crippen LogP contribution is 2.27. The van der Waals surface area contributed by atoms with Gasteiger partial charge < -0.3 is 0 Å². The molecule has 19 heavy (non-hydrogen) atoms. The van der Waals surface area contributed by atoms with Crippen LogP contribution in [0, 0.1) is 12.8 Å². The smallest absolute Gasteiger partial charge is 0.178 e. The van der Waals surface area contributed by atoms with E-state index in [-0.39, 0.29) is 0 Å². The minimum absolute atomic E-state index is 0.298. The van der Waals surface area contributed by atoms with Crippen molar-refractivity contribution < 1.29 is 8.42 Å². The summed E-state index contributed by atoms with van der Waals surface area (Å²) in [5.74, 6) is 1.06. The molecule has 2 rings (SSSR count). The first kappa shape index (κ1) is 14.6. The molecule has 0 bridgehead atoms. The van der Waals surface area contributed by atoms with Crippen molar-refractivity contribution in [1.29, 1.82) is 0 Å². The van der Waals surface area contributed by atoms with Gasteiger partial charge in [-0.3, -0.25) is 0 Å². The second-order valence-electron chi connectivity index (χ2n) is 5.78. The minimum Gasteiger partial charge on any atom is -0.224 e. The summed E-state index contributed by atoms with van der Waals surface area (Å²) in [5.41, 5.74) is 1.10. The van der Waals surface area contributed by atoms with Crippen LogP contribution >= 0.6 is 0 Å². The molecule has 1 saturated carbocycles. The van der Waals surface area contributed by atoms with Crippen LogP contribution in [0.25, 0.3) is 0 Å². The summed E-state index contributed by atoms with van der Waals surface area (Å²) >= 11 is 0. The van der Waals surface area contributed by atoms with E-state index in [0.717, 1.165) is 24.3 Å². The molecule has 0 heterocycles. The van der Waals surface area contributed by atoms with Gasteiger partial charge in [0.2, 0.25) is 0 Å². The van der Waals surface area contributed by atoms with Crippen molar-refractivity contribution in [3.63, 3.8) is 0 Å². The van der Waals surface area contributed by atoms with Gasteiger partial charge in [-0.15, -0.1) is 0 Å². The van der Waals surface area contributed by atoms with Crippen molar-refractivity contribution in [3.05, 3.63) is 29.8 Å². The van der Waals surface area contributed by atoms with Crippen LogP contribution in [0.3, 0.4) is 0 Å². The molecule has 1 aromatic carbocycles. The predicted molar refractivity (Wildman–Crippen MR) is 79.0 cm³/mol. The highest BCUT2D eigenvalue weighted by molar-refractivity contribution is 7.91. The SMILES string of the molecule is Cc1ccc(S(=O)(=O)CCCC2CCCCC2)cc1. The highest BCUT2D eigenvalue weighted by Gasteiger charge is 2.17. The quantitative estimate of drug-likeness (QED) is 0.812. The number of hydrogen-bond acceptors (Lipinski definition) is 2. The lowest BCUT2D eigenvalue weighted by atomic mass is 9.86. The van der Waals surface area contributed by atoms with Gasteiger partial charge in [0, 0.05) is 0 Å². The second kappa shape index (κ2) is 6.56. The van der Waals surface area contributed by atoms with Crippen LogP contribution in [-0.4, -0.2) is 14.2 Å². The monoisotopic (exact) mass is 280 g/mol. The van der Waals surface area contributed by atoms with Gasteiger partial charge in [-0.05, 0) is 37.8 Å². The number of sulfone groups is 1. The van der Waals surface area contributed by atoms with E-state index in [1.165, 1.54) is 32.1 Å². The van der Waals surface area contributed by atoms with E-state index in [1.54, 1.807) is 12.1 Å². The maximum absolute atomic E-state index is 12.2. The third-order valence-electron chi connectivity index (χ3n) is 4.13. The van der Waals surface area contributed by atoms with Gasteiger partial charge in [0.25, 0.3) is 0 Å². The van der Waals surface area contributed by atoms with Gasteiger partial charge in [-0.25, -0.2) is 8.42 Å². The number of benzene rings is 1. The molecule has 0 spiro atoms. The van der Waals surface area contributed by atoms with E-state index in [0.29, 0.717) is 10.6 Å². The van der Waals surface area contributed by atoms with Crippen LogP contribution in [0.2, 0.25) is 0 Å². The van der Waals surface area contributed by atoms with Crippen molar-refractivity contribution in [2.24, 2.45) is 5.92 Å². The van der Waals surface area contributed by atoms with Crippen LogP contribution in [0.4, 0.5) is 0 Å². The molecule has 1 aliphatic rings. The first-order valence-electron chi connectivity index (χ1n) is 7.37. The van der Waals surface area contributed by atoms with Crippen molar-refractivity contribution >= 4 is 9.84 Å². The van der Waals surface area contributed by atoms with Crippen molar-refractivity contribution in [1.82, 2.24) is 0 Å². The summed E-state index contributed by atoms with van der Waals surface area (Å²) in [4.78, 5) is 0.474. The van der Waals surface area contributed by atoms with Crippen LogP contribution in [0.1, 0.15) is 50.5 Å². The Balaban J connectivity index is 1.85. The molecule has 0 atom stereocenters. The molecule has 0 N–H and O–H groups in total. The van der Waals surface area contributed by atoms with Gasteiger partial charge in [-0.1, -0.05) is 49.8 Å². The van der Waals surface area contributed by atoms with E-state index < -0.39 is 9.84 Å². The Hall–Kier alpha value is -0.830. The Kier molecular flexibility index (Phi) is 5.03. The first-order chi connectivity index (χ1) is 9.08. The zero-order valence-corrected chi connectivity index (χ0v) is 12.6. The Labute approximate surface area is 117 Å². The third-order valence-corrected chi connectivity index (χ3v) is 5.95. The zero-order valence-electron chi connectivity index (χ0n) is 11.8. The van der Waals surface area contributed by atoms with Crippen LogP contribution in [0.15, 0.2) is 29.2 Å². The molecule has 0 aromatic heterocycles. The summed E-state index contributed by atoms with van der Waals surface area (Å²) < 4.78 is 24.4. The molecular formula is C16H24O2S. The molecule has 0 saturated heterocycles. The summed E-state index contributed by atoms with van der Waals surface area (Å²) in [7, 11) is -3.08. The Morgan fingerprint density at radius 1 is 1.05 bits per heavy atom. The standard InChI is InChI=1S/C16H24O2S/c1-14-9-11-16(12-10-14)19(17,18)13-5-8-15-6-3-2-4-7-15/h9-12,15H,2-8,13H2,1H3. The summed E-state index contributed by atoms with van der Waals surface area (Å²) in [6.45, 7) is 1.97. The maximum atomic E-state index is 12.2. The fourth-order valence-electron chi connectivity index (χ4n) is 2.90. The van der Waals surface area contributed by atoms with Crippen molar-refractivity contribution in [2.75, 3.05) is 5.75 Å². The molecule has 1 aliphatic carbocycles. The minimum atomic E-state index is -3.08. The van der Waals surface area contributed by atoms with E-state index in [9.17, 15) is 8.42 Å². The molecule has 106 valence electrons. The molecule has 3 heteroatoms. The molecule has 2 nitrogen and oxygen atoms in total. The number of aryl methyl sites for hydroxylation is 1. The molecule has 0 radical (unpaired) electrons. The van der Waals surface area contributed by atoms with Crippen molar-refractivity contribution in [2.45, 2.75) is 56.8 Å². The van der Waals surface area contributed by atoms with Crippen LogP contribution < -0.4 is 0 Å². The van der Waals surface area contributed by atoms with E-state index in [1.807, 2.05) is 19.1 Å². The zero-order chi connectivity index (χ0) is 13.7. The maximum Gasteiger partial charge on any atom is 0.178 e.